The van der Waals surface area contributed by atoms with Gasteiger partial charge in [-0.25, -0.2) is 17.9 Å². The maximum absolute atomic E-state index is 13.2. The van der Waals surface area contributed by atoms with Crippen molar-refractivity contribution in [2.24, 2.45) is 0 Å². The molecule has 0 aliphatic carbocycles. The summed E-state index contributed by atoms with van der Waals surface area (Å²) in [4.78, 5) is 0. The standard InChI is InChI=1S/C13H12F3N3O3/c14-8-1-6(2-9(15)12(8)16)10-4-19(18-17-10)13-11(21)3-7(20)5-22-13/h1-2,4,7,11,13,20-21H,3,5H2. The third-order valence-electron chi connectivity index (χ3n) is 3.35. The number of aromatic nitrogens is 3. The van der Waals surface area contributed by atoms with Gasteiger partial charge in [0.1, 0.15) is 11.8 Å². The molecule has 9 heteroatoms. The summed E-state index contributed by atoms with van der Waals surface area (Å²) in [5.74, 6) is -4.22. The number of aliphatic hydroxyl groups excluding tert-OH is 2. The van der Waals surface area contributed by atoms with E-state index in [4.69, 9.17) is 4.74 Å². The molecule has 1 fully saturated rings. The molecule has 1 aromatic carbocycles. The summed E-state index contributed by atoms with van der Waals surface area (Å²) in [5, 5.41) is 26.7. The summed E-state index contributed by atoms with van der Waals surface area (Å²) in [6.07, 6.45) is -1.20. The Bertz CT molecular complexity index is 671. The van der Waals surface area contributed by atoms with Crippen LogP contribution >= 0.6 is 0 Å². The van der Waals surface area contributed by atoms with E-state index in [0.717, 1.165) is 12.1 Å². The summed E-state index contributed by atoms with van der Waals surface area (Å²) in [5.41, 5.74) is 0.104. The average Bonchev–Trinajstić information content (AvgIpc) is 2.93. The number of aliphatic hydroxyl groups is 2. The Labute approximate surface area is 122 Å². The van der Waals surface area contributed by atoms with Crippen LogP contribution in [-0.2, 0) is 4.74 Å². The summed E-state index contributed by atoms with van der Waals surface area (Å²) >= 11 is 0. The van der Waals surface area contributed by atoms with E-state index in [1.54, 1.807) is 0 Å². The smallest absolute Gasteiger partial charge is 0.194 e. The molecule has 0 amide bonds. The van der Waals surface area contributed by atoms with Crippen molar-refractivity contribution >= 4 is 0 Å². The molecule has 1 aromatic heterocycles. The van der Waals surface area contributed by atoms with E-state index in [1.165, 1.54) is 10.9 Å². The van der Waals surface area contributed by atoms with Gasteiger partial charge in [-0.2, -0.15) is 0 Å². The number of nitrogens with zero attached hydrogens (tertiary/aromatic N) is 3. The summed E-state index contributed by atoms with van der Waals surface area (Å²) in [7, 11) is 0. The summed E-state index contributed by atoms with van der Waals surface area (Å²) in [6.45, 7) is 0.0245. The Balaban J connectivity index is 1.88. The Hall–Kier alpha value is -1.97. The minimum absolute atomic E-state index is 0.00739. The number of hydrogen-bond acceptors (Lipinski definition) is 5. The van der Waals surface area contributed by atoms with Crippen molar-refractivity contribution in [1.29, 1.82) is 0 Å². The van der Waals surface area contributed by atoms with Gasteiger partial charge in [-0.05, 0) is 12.1 Å². The lowest BCUT2D eigenvalue weighted by molar-refractivity contribution is -0.159. The van der Waals surface area contributed by atoms with E-state index in [1.807, 2.05) is 0 Å². The highest BCUT2D eigenvalue weighted by Crippen LogP contribution is 2.26. The molecule has 6 nitrogen and oxygen atoms in total. The molecule has 2 heterocycles. The molecular weight excluding hydrogens is 303 g/mol. The van der Waals surface area contributed by atoms with Gasteiger partial charge < -0.3 is 14.9 Å². The molecule has 22 heavy (non-hydrogen) atoms. The van der Waals surface area contributed by atoms with E-state index >= 15 is 0 Å². The fourth-order valence-corrected chi connectivity index (χ4v) is 2.27. The monoisotopic (exact) mass is 315 g/mol. The van der Waals surface area contributed by atoms with Crippen molar-refractivity contribution in [3.63, 3.8) is 0 Å². The second-order valence-corrected chi connectivity index (χ2v) is 5.02. The first-order chi connectivity index (χ1) is 10.5. The van der Waals surface area contributed by atoms with Crippen LogP contribution in [0.2, 0.25) is 0 Å². The third-order valence-corrected chi connectivity index (χ3v) is 3.35. The van der Waals surface area contributed by atoms with E-state index in [9.17, 15) is 23.4 Å². The maximum Gasteiger partial charge on any atom is 0.194 e. The molecule has 1 aliphatic rings. The Morgan fingerprint density at radius 3 is 2.50 bits per heavy atom. The fraction of sp³-hybridized carbons (Fsp3) is 0.385. The molecule has 3 atom stereocenters. The minimum atomic E-state index is -1.56. The molecule has 118 valence electrons. The maximum atomic E-state index is 13.2. The van der Waals surface area contributed by atoms with Crippen LogP contribution in [0.4, 0.5) is 13.2 Å². The molecule has 2 aromatic rings. The Morgan fingerprint density at radius 2 is 1.86 bits per heavy atom. The predicted octanol–water partition coefficient (Wildman–Crippen LogP) is 1.00. The van der Waals surface area contributed by atoms with Crippen LogP contribution in [0.25, 0.3) is 11.3 Å². The number of benzene rings is 1. The van der Waals surface area contributed by atoms with Crippen molar-refractivity contribution in [1.82, 2.24) is 15.0 Å². The van der Waals surface area contributed by atoms with Crippen LogP contribution in [0.5, 0.6) is 0 Å². The van der Waals surface area contributed by atoms with Gasteiger partial charge in [0.05, 0.1) is 18.9 Å². The van der Waals surface area contributed by atoms with E-state index in [2.05, 4.69) is 10.3 Å². The lowest BCUT2D eigenvalue weighted by Gasteiger charge is -2.30. The van der Waals surface area contributed by atoms with Crippen LogP contribution in [-0.4, -0.2) is 44.0 Å². The Kier molecular flexibility index (Phi) is 3.85. The first kappa shape index (κ1) is 14.9. The molecule has 0 bridgehead atoms. The molecule has 0 spiro atoms. The first-order valence-electron chi connectivity index (χ1n) is 6.50. The number of ether oxygens (including phenoxy) is 1. The lowest BCUT2D eigenvalue weighted by Crippen LogP contribution is -2.38. The van der Waals surface area contributed by atoms with Gasteiger partial charge in [-0.3, -0.25) is 0 Å². The molecule has 1 saturated heterocycles. The molecule has 3 unspecified atom stereocenters. The zero-order chi connectivity index (χ0) is 15.9. The van der Waals surface area contributed by atoms with E-state index in [-0.39, 0.29) is 24.3 Å². The SMILES string of the molecule is OC1COC(n2cc(-c3cc(F)c(F)c(F)c3)nn2)C(O)C1. The highest BCUT2D eigenvalue weighted by molar-refractivity contribution is 5.57. The largest absolute Gasteiger partial charge is 0.391 e. The van der Waals surface area contributed by atoms with Gasteiger partial charge in [0.15, 0.2) is 23.7 Å². The molecule has 0 radical (unpaired) electrons. The van der Waals surface area contributed by atoms with Gasteiger partial charge in [-0.1, -0.05) is 5.21 Å². The average molecular weight is 315 g/mol. The van der Waals surface area contributed by atoms with Crippen molar-refractivity contribution in [3.05, 3.63) is 35.8 Å². The zero-order valence-electron chi connectivity index (χ0n) is 11.2. The minimum Gasteiger partial charge on any atom is -0.391 e. The number of hydrogen-bond donors (Lipinski definition) is 2. The number of rotatable bonds is 2. The number of halogens is 3. The third kappa shape index (κ3) is 2.70. The van der Waals surface area contributed by atoms with E-state index in [0.29, 0.717) is 0 Å². The molecule has 3 rings (SSSR count). The van der Waals surface area contributed by atoms with Gasteiger partial charge in [0.2, 0.25) is 0 Å². The van der Waals surface area contributed by atoms with Crippen LogP contribution in [0, 0.1) is 17.5 Å². The highest BCUT2D eigenvalue weighted by atomic mass is 19.2. The Morgan fingerprint density at radius 1 is 1.18 bits per heavy atom. The molecule has 0 saturated carbocycles. The van der Waals surface area contributed by atoms with Crippen LogP contribution < -0.4 is 0 Å². The van der Waals surface area contributed by atoms with Crippen molar-refractivity contribution in [2.45, 2.75) is 24.9 Å². The second kappa shape index (κ2) is 5.67. The quantitative estimate of drug-likeness (QED) is 0.808. The van der Waals surface area contributed by atoms with Crippen LogP contribution in [0.15, 0.2) is 18.3 Å². The molecule has 1 aliphatic heterocycles. The predicted molar refractivity (Wildman–Crippen MR) is 67.0 cm³/mol. The van der Waals surface area contributed by atoms with Crippen LogP contribution in [0.3, 0.4) is 0 Å². The first-order valence-corrected chi connectivity index (χ1v) is 6.50. The van der Waals surface area contributed by atoms with E-state index < -0.39 is 35.9 Å². The van der Waals surface area contributed by atoms with Gasteiger partial charge >= 0.3 is 0 Å². The lowest BCUT2D eigenvalue weighted by atomic mass is 10.1. The highest BCUT2D eigenvalue weighted by Gasteiger charge is 2.31. The summed E-state index contributed by atoms with van der Waals surface area (Å²) in [6, 6.07) is 1.60. The topological polar surface area (TPSA) is 80.4 Å². The van der Waals surface area contributed by atoms with Gasteiger partial charge in [0.25, 0.3) is 0 Å². The van der Waals surface area contributed by atoms with Crippen LogP contribution in [0.1, 0.15) is 12.6 Å². The normalized spacial score (nSPS) is 25.4. The summed E-state index contributed by atoms with van der Waals surface area (Å²) < 4.78 is 45.8. The fourth-order valence-electron chi connectivity index (χ4n) is 2.27. The second-order valence-electron chi connectivity index (χ2n) is 5.02. The molecule has 2 N–H and O–H groups in total. The van der Waals surface area contributed by atoms with Crippen molar-refractivity contribution in [2.75, 3.05) is 6.61 Å². The zero-order valence-corrected chi connectivity index (χ0v) is 11.2. The van der Waals surface area contributed by atoms with Gasteiger partial charge in [0, 0.05) is 12.0 Å². The van der Waals surface area contributed by atoms with Crippen molar-refractivity contribution in [3.8, 4) is 11.3 Å². The molecular formula is C13H12F3N3O3. The van der Waals surface area contributed by atoms with Crippen molar-refractivity contribution < 1.29 is 28.1 Å². The van der Waals surface area contributed by atoms with Gasteiger partial charge in [-0.15, -0.1) is 5.10 Å².